The van der Waals surface area contributed by atoms with Crippen LogP contribution in [0.4, 0.5) is 0 Å². The largest absolute Gasteiger partial charge is 0.405 e. The summed E-state index contributed by atoms with van der Waals surface area (Å²) >= 11 is 0. The Labute approximate surface area is 92.8 Å². The van der Waals surface area contributed by atoms with E-state index in [0.29, 0.717) is 16.7 Å². The molecule has 2 rings (SSSR count). The van der Waals surface area contributed by atoms with Crippen LogP contribution < -0.4 is 10.4 Å². The molecule has 0 radical (unpaired) electrons. The molecule has 0 fully saturated rings. The highest BCUT2D eigenvalue weighted by Gasteiger charge is 2.07. The summed E-state index contributed by atoms with van der Waals surface area (Å²) in [5, 5.41) is 0.553. The average molecular weight is 216 g/mol. The van der Waals surface area contributed by atoms with Crippen LogP contribution in [0.15, 0.2) is 41.7 Å². The molecule has 0 saturated carbocycles. The highest BCUT2D eigenvalue weighted by molar-refractivity contribution is 5.77. The summed E-state index contributed by atoms with van der Waals surface area (Å²) in [6.45, 7) is 5.55. The minimum absolute atomic E-state index is 0.190. The molecular formula is C12H12N2O2. The van der Waals surface area contributed by atoms with E-state index in [4.69, 9.17) is 4.84 Å². The lowest BCUT2D eigenvalue weighted by molar-refractivity contribution is 0.119. The number of hydrogen-bond donors (Lipinski definition) is 0. The van der Waals surface area contributed by atoms with E-state index in [1.807, 2.05) is 12.1 Å². The van der Waals surface area contributed by atoms with Crippen LogP contribution in [0.3, 0.4) is 0 Å². The molecule has 0 amide bonds. The standard InChI is InChI=1S/C12H12N2O2/c1-3-8-16-14-9(2)13-11-7-5-4-6-10(11)12(14)15/h3-7H,1,8H2,2H3. The van der Waals surface area contributed by atoms with Crippen molar-refractivity contribution < 1.29 is 4.84 Å². The fraction of sp³-hybridized carbons (Fsp3) is 0.167. The van der Waals surface area contributed by atoms with Gasteiger partial charge in [-0.3, -0.25) is 4.79 Å². The topological polar surface area (TPSA) is 44.1 Å². The van der Waals surface area contributed by atoms with Crippen molar-refractivity contribution in [2.75, 3.05) is 6.61 Å². The van der Waals surface area contributed by atoms with E-state index in [0.717, 1.165) is 0 Å². The van der Waals surface area contributed by atoms with Gasteiger partial charge in [-0.25, -0.2) is 4.98 Å². The van der Waals surface area contributed by atoms with Crippen molar-refractivity contribution in [3.8, 4) is 0 Å². The molecule has 16 heavy (non-hydrogen) atoms. The lowest BCUT2D eigenvalue weighted by Crippen LogP contribution is -2.30. The molecule has 1 aromatic heterocycles. The molecule has 0 aliphatic rings. The number of hydrogen-bond acceptors (Lipinski definition) is 3. The van der Waals surface area contributed by atoms with Gasteiger partial charge in [-0.1, -0.05) is 24.8 Å². The first kappa shape index (κ1) is 10.4. The molecule has 0 N–H and O–H groups in total. The molecule has 82 valence electrons. The molecule has 0 unspecified atom stereocenters. The number of rotatable bonds is 3. The first-order valence-electron chi connectivity index (χ1n) is 4.96. The van der Waals surface area contributed by atoms with Gasteiger partial charge in [-0.05, 0) is 19.1 Å². The van der Waals surface area contributed by atoms with E-state index in [1.165, 1.54) is 4.73 Å². The van der Waals surface area contributed by atoms with Gasteiger partial charge in [0.1, 0.15) is 12.4 Å². The maximum atomic E-state index is 12.0. The molecule has 0 atom stereocenters. The highest BCUT2D eigenvalue weighted by atomic mass is 16.7. The second-order valence-electron chi connectivity index (χ2n) is 3.36. The van der Waals surface area contributed by atoms with Crippen molar-refractivity contribution in [2.24, 2.45) is 0 Å². The van der Waals surface area contributed by atoms with Gasteiger partial charge >= 0.3 is 0 Å². The number of para-hydroxylation sites is 1. The van der Waals surface area contributed by atoms with Gasteiger partial charge in [0, 0.05) is 0 Å². The fourth-order valence-corrected chi connectivity index (χ4v) is 1.51. The number of aryl methyl sites for hydroxylation is 1. The highest BCUT2D eigenvalue weighted by Crippen LogP contribution is 2.06. The lowest BCUT2D eigenvalue weighted by atomic mass is 10.2. The average Bonchev–Trinajstić information content (AvgIpc) is 2.29. The van der Waals surface area contributed by atoms with Gasteiger partial charge in [-0.2, -0.15) is 0 Å². The molecule has 1 aromatic carbocycles. The first-order valence-corrected chi connectivity index (χ1v) is 4.96. The molecule has 4 nitrogen and oxygen atoms in total. The van der Waals surface area contributed by atoms with E-state index in [2.05, 4.69) is 11.6 Å². The quantitative estimate of drug-likeness (QED) is 0.727. The summed E-state index contributed by atoms with van der Waals surface area (Å²) in [6.07, 6.45) is 1.58. The maximum Gasteiger partial charge on any atom is 0.294 e. The summed E-state index contributed by atoms with van der Waals surface area (Å²) in [5.41, 5.74) is 0.494. The Morgan fingerprint density at radius 1 is 1.50 bits per heavy atom. The van der Waals surface area contributed by atoms with E-state index in [1.54, 1.807) is 25.1 Å². The Morgan fingerprint density at radius 2 is 2.25 bits per heavy atom. The van der Waals surface area contributed by atoms with Crippen molar-refractivity contribution >= 4 is 10.9 Å². The molecule has 1 heterocycles. The van der Waals surface area contributed by atoms with Gasteiger partial charge < -0.3 is 4.84 Å². The SMILES string of the molecule is C=CCOn1c(C)nc2ccccc2c1=O. The van der Waals surface area contributed by atoms with Crippen molar-refractivity contribution in [3.63, 3.8) is 0 Å². The van der Waals surface area contributed by atoms with Gasteiger partial charge in [0.25, 0.3) is 5.56 Å². The molecule has 0 spiro atoms. The third-order valence-corrected chi connectivity index (χ3v) is 2.22. The normalized spacial score (nSPS) is 10.3. The monoisotopic (exact) mass is 216 g/mol. The molecule has 0 aliphatic heterocycles. The lowest BCUT2D eigenvalue weighted by Gasteiger charge is -2.09. The molecular weight excluding hydrogens is 204 g/mol. The van der Waals surface area contributed by atoms with E-state index in [9.17, 15) is 4.79 Å². The zero-order valence-electron chi connectivity index (χ0n) is 9.01. The van der Waals surface area contributed by atoms with Crippen molar-refractivity contribution in [2.45, 2.75) is 6.92 Å². The first-order chi connectivity index (χ1) is 7.74. The summed E-state index contributed by atoms with van der Waals surface area (Å²) in [4.78, 5) is 21.6. The summed E-state index contributed by atoms with van der Waals surface area (Å²) in [5.74, 6) is 0.533. The number of benzene rings is 1. The van der Waals surface area contributed by atoms with Gasteiger partial charge in [0.15, 0.2) is 0 Å². The Balaban J connectivity index is 2.66. The Hall–Kier alpha value is -2.10. The smallest absolute Gasteiger partial charge is 0.294 e. The summed E-state index contributed by atoms with van der Waals surface area (Å²) < 4.78 is 1.20. The number of aromatic nitrogens is 2. The number of fused-ring (bicyclic) bond motifs is 1. The predicted octanol–water partition coefficient (Wildman–Crippen LogP) is 1.32. The molecule has 0 aliphatic carbocycles. The second kappa shape index (κ2) is 4.18. The zero-order valence-corrected chi connectivity index (χ0v) is 9.01. The van der Waals surface area contributed by atoms with Gasteiger partial charge in [-0.15, -0.1) is 4.73 Å². The van der Waals surface area contributed by atoms with Crippen LogP contribution in [0.25, 0.3) is 10.9 Å². The van der Waals surface area contributed by atoms with E-state index >= 15 is 0 Å². The Kier molecular flexibility index (Phi) is 2.72. The zero-order chi connectivity index (χ0) is 11.5. The molecule has 0 bridgehead atoms. The van der Waals surface area contributed by atoms with Crippen LogP contribution in [0.1, 0.15) is 5.82 Å². The Morgan fingerprint density at radius 3 is 3.00 bits per heavy atom. The third kappa shape index (κ3) is 1.69. The maximum absolute atomic E-state index is 12.0. The van der Waals surface area contributed by atoms with E-state index < -0.39 is 0 Å². The predicted molar refractivity (Wildman–Crippen MR) is 62.4 cm³/mol. The van der Waals surface area contributed by atoms with E-state index in [-0.39, 0.29) is 12.2 Å². The Bertz CT molecular complexity index is 587. The van der Waals surface area contributed by atoms with Crippen LogP contribution in [0.5, 0.6) is 0 Å². The van der Waals surface area contributed by atoms with Crippen LogP contribution in [0, 0.1) is 6.92 Å². The molecule has 2 aromatic rings. The van der Waals surface area contributed by atoms with Crippen LogP contribution >= 0.6 is 0 Å². The fourth-order valence-electron chi connectivity index (χ4n) is 1.51. The van der Waals surface area contributed by atoms with Crippen molar-refractivity contribution in [1.82, 2.24) is 9.71 Å². The molecule has 4 heteroatoms. The minimum atomic E-state index is -0.190. The van der Waals surface area contributed by atoms with Gasteiger partial charge in [0.2, 0.25) is 0 Å². The van der Waals surface area contributed by atoms with Crippen LogP contribution in [0.2, 0.25) is 0 Å². The van der Waals surface area contributed by atoms with Crippen LogP contribution in [-0.4, -0.2) is 16.3 Å². The summed E-state index contributed by atoms with van der Waals surface area (Å²) in [7, 11) is 0. The van der Waals surface area contributed by atoms with Crippen molar-refractivity contribution in [3.05, 3.63) is 53.1 Å². The minimum Gasteiger partial charge on any atom is -0.405 e. The third-order valence-electron chi connectivity index (χ3n) is 2.22. The van der Waals surface area contributed by atoms with Crippen LogP contribution in [-0.2, 0) is 0 Å². The second-order valence-corrected chi connectivity index (χ2v) is 3.36. The number of nitrogens with zero attached hydrogens (tertiary/aromatic N) is 2. The summed E-state index contributed by atoms with van der Waals surface area (Å²) in [6, 6.07) is 7.20. The van der Waals surface area contributed by atoms with Crippen molar-refractivity contribution in [1.29, 1.82) is 0 Å². The molecule has 0 saturated heterocycles. The van der Waals surface area contributed by atoms with Gasteiger partial charge in [0.05, 0.1) is 10.9 Å².